The highest BCUT2D eigenvalue weighted by atomic mass is 32.2. The Morgan fingerprint density at radius 1 is 1.10 bits per heavy atom. The number of aryl methyl sites for hydroxylation is 1. The van der Waals surface area contributed by atoms with Crippen LogP contribution in [-0.4, -0.2) is 48.1 Å². The maximum Gasteiger partial charge on any atom is 0.248 e. The molecule has 0 N–H and O–H groups in total. The van der Waals surface area contributed by atoms with Crippen LogP contribution in [0.3, 0.4) is 0 Å². The highest BCUT2D eigenvalue weighted by Gasteiger charge is 2.49. The minimum atomic E-state index is -3.14. The molecule has 0 bridgehead atoms. The summed E-state index contributed by atoms with van der Waals surface area (Å²) in [7, 11) is -3.14. The number of ketones is 1. The summed E-state index contributed by atoms with van der Waals surface area (Å²) in [5.41, 5.74) is 2.30. The number of benzene rings is 2. The number of nitrogens with zero attached hydrogens (tertiary/aromatic N) is 2. The summed E-state index contributed by atoms with van der Waals surface area (Å²) < 4.78 is 24.4. The number of carbonyl (C=O) groups is 2. The fourth-order valence-electron chi connectivity index (χ4n) is 3.80. The van der Waals surface area contributed by atoms with Crippen molar-refractivity contribution < 1.29 is 18.0 Å². The van der Waals surface area contributed by atoms with Crippen LogP contribution in [0.4, 0.5) is 5.69 Å². The Bertz CT molecular complexity index is 1110. The van der Waals surface area contributed by atoms with E-state index in [2.05, 4.69) is 4.99 Å². The molecule has 1 amide bonds. The fourth-order valence-corrected chi connectivity index (χ4v) is 7.73. The number of hydrogen-bond acceptors (Lipinski definition) is 5. The number of amides is 1. The molecule has 8 heteroatoms. The van der Waals surface area contributed by atoms with E-state index in [9.17, 15) is 18.0 Å². The topological polar surface area (TPSA) is 83.9 Å². The SMILES string of the molecule is CC(=O)c1cccc(N2C(=NC(=O)CCc3ccccc3)S[C@@H]3CS(=O)(=O)C[C@@H]32)c1. The molecule has 2 aliphatic rings. The van der Waals surface area contributed by atoms with Crippen molar-refractivity contribution in [1.29, 1.82) is 0 Å². The number of aliphatic imine (C=N–C) groups is 1. The smallest absolute Gasteiger partial charge is 0.248 e. The van der Waals surface area contributed by atoms with Gasteiger partial charge in [-0.05, 0) is 31.0 Å². The quantitative estimate of drug-likeness (QED) is 0.662. The van der Waals surface area contributed by atoms with Crippen molar-refractivity contribution in [3.8, 4) is 0 Å². The summed E-state index contributed by atoms with van der Waals surface area (Å²) in [6, 6.07) is 16.5. The molecule has 2 fully saturated rings. The van der Waals surface area contributed by atoms with E-state index < -0.39 is 9.84 Å². The third kappa shape index (κ3) is 4.49. The molecule has 2 atom stereocenters. The maximum atomic E-state index is 12.6. The average molecular weight is 443 g/mol. The van der Waals surface area contributed by atoms with Gasteiger partial charge >= 0.3 is 0 Å². The van der Waals surface area contributed by atoms with E-state index in [4.69, 9.17) is 0 Å². The third-order valence-electron chi connectivity index (χ3n) is 5.29. The lowest BCUT2D eigenvalue weighted by atomic mass is 10.1. The summed E-state index contributed by atoms with van der Waals surface area (Å²) in [6.07, 6.45) is 0.880. The van der Waals surface area contributed by atoms with E-state index in [0.29, 0.717) is 22.8 Å². The molecule has 2 aromatic rings. The second-order valence-corrected chi connectivity index (χ2v) is 10.9. The number of Topliss-reactive ketones (excluding diaryl/α,β-unsaturated/α-hetero) is 1. The molecule has 0 aliphatic carbocycles. The Balaban J connectivity index is 1.61. The molecular formula is C22H22N2O4S2. The number of amidine groups is 1. The van der Waals surface area contributed by atoms with Gasteiger partial charge in [-0.2, -0.15) is 4.99 Å². The minimum absolute atomic E-state index is 0.0200. The number of carbonyl (C=O) groups excluding carboxylic acids is 2. The number of rotatable bonds is 5. The van der Waals surface area contributed by atoms with E-state index >= 15 is 0 Å². The Hall–Kier alpha value is -2.45. The van der Waals surface area contributed by atoms with Crippen LogP contribution in [0.5, 0.6) is 0 Å². The maximum absolute atomic E-state index is 12.6. The number of fused-ring (bicyclic) bond motifs is 1. The second-order valence-electron chi connectivity index (χ2n) is 7.55. The average Bonchev–Trinajstić information content (AvgIpc) is 3.17. The van der Waals surface area contributed by atoms with Gasteiger partial charge in [-0.15, -0.1) is 0 Å². The first-order valence-corrected chi connectivity index (χ1v) is 12.5. The molecule has 156 valence electrons. The lowest BCUT2D eigenvalue weighted by Crippen LogP contribution is -2.37. The van der Waals surface area contributed by atoms with Gasteiger partial charge in [-0.25, -0.2) is 8.42 Å². The van der Waals surface area contributed by atoms with Crippen LogP contribution in [-0.2, 0) is 21.1 Å². The lowest BCUT2D eigenvalue weighted by Gasteiger charge is -2.24. The zero-order chi connectivity index (χ0) is 21.3. The summed E-state index contributed by atoms with van der Waals surface area (Å²) in [5.74, 6) is -0.220. The Labute approximate surface area is 180 Å². The normalized spacial score (nSPS) is 23.5. The molecule has 0 aromatic heterocycles. The second kappa shape index (κ2) is 8.35. The molecule has 0 unspecified atom stereocenters. The van der Waals surface area contributed by atoms with Gasteiger partial charge in [-0.3, -0.25) is 9.59 Å². The zero-order valence-corrected chi connectivity index (χ0v) is 18.2. The summed E-state index contributed by atoms with van der Waals surface area (Å²) in [4.78, 5) is 30.6. The van der Waals surface area contributed by atoms with E-state index in [1.165, 1.54) is 18.7 Å². The van der Waals surface area contributed by atoms with Crippen molar-refractivity contribution in [3.63, 3.8) is 0 Å². The van der Waals surface area contributed by atoms with Crippen molar-refractivity contribution in [2.45, 2.75) is 31.1 Å². The first-order valence-electron chi connectivity index (χ1n) is 9.75. The summed E-state index contributed by atoms with van der Waals surface area (Å²) in [5, 5.41) is 0.343. The van der Waals surface area contributed by atoms with Gasteiger partial charge in [0, 0.05) is 22.9 Å². The van der Waals surface area contributed by atoms with Crippen LogP contribution < -0.4 is 4.90 Å². The van der Waals surface area contributed by atoms with Gasteiger partial charge in [0.05, 0.1) is 17.5 Å². The van der Waals surface area contributed by atoms with Crippen LogP contribution in [0, 0.1) is 0 Å². The van der Waals surface area contributed by atoms with Crippen molar-refractivity contribution in [2.75, 3.05) is 16.4 Å². The Morgan fingerprint density at radius 2 is 1.87 bits per heavy atom. The standard InChI is InChI=1S/C22H22N2O4S2/c1-15(25)17-8-5-9-18(12-17)24-19-13-30(27,28)14-20(19)29-22(24)23-21(26)11-10-16-6-3-2-4-7-16/h2-9,12,19-20H,10-11,13-14H2,1H3/t19-,20+/m0/s1. The fraction of sp³-hybridized carbons (Fsp3) is 0.318. The van der Waals surface area contributed by atoms with Crippen molar-refractivity contribution in [3.05, 3.63) is 65.7 Å². The predicted octanol–water partition coefficient (Wildman–Crippen LogP) is 3.12. The van der Waals surface area contributed by atoms with Crippen LogP contribution in [0.25, 0.3) is 0 Å². The van der Waals surface area contributed by atoms with Gasteiger partial charge < -0.3 is 4.90 Å². The van der Waals surface area contributed by atoms with E-state index in [0.717, 1.165) is 5.56 Å². The molecule has 0 radical (unpaired) electrons. The summed E-state index contributed by atoms with van der Waals surface area (Å²) in [6.45, 7) is 1.49. The molecule has 4 rings (SSSR count). The molecule has 2 heterocycles. The first kappa shape index (κ1) is 20.8. The molecular weight excluding hydrogens is 420 g/mol. The van der Waals surface area contributed by atoms with Crippen LogP contribution in [0.1, 0.15) is 29.3 Å². The largest absolute Gasteiger partial charge is 0.316 e. The van der Waals surface area contributed by atoms with E-state index in [1.807, 2.05) is 41.3 Å². The van der Waals surface area contributed by atoms with Crippen LogP contribution >= 0.6 is 11.8 Å². The van der Waals surface area contributed by atoms with Gasteiger partial charge in [0.1, 0.15) is 0 Å². The molecule has 0 saturated carbocycles. The molecule has 2 aromatic carbocycles. The summed E-state index contributed by atoms with van der Waals surface area (Å²) >= 11 is 1.34. The highest BCUT2D eigenvalue weighted by molar-refractivity contribution is 8.16. The monoisotopic (exact) mass is 442 g/mol. The Morgan fingerprint density at radius 3 is 2.60 bits per heavy atom. The molecule has 0 spiro atoms. The van der Waals surface area contributed by atoms with Gasteiger partial charge in [0.2, 0.25) is 5.91 Å². The van der Waals surface area contributed by atoms with Crippen molar-refractivity contribution >= 4 is 44.1 Å². The molecule has 6 nitrogen and oxygen atoms in total. The highest BCUT2D eigenvalue weighted by Crippen LogP contribution is 2.41. The number of anilines is 1. The van der Waals surface area contributed by atoms with Gasteiger partial charge in [0.15, 0.2) is 20.8 Å². The van der Waals surface area contributed by atoms with E-state index in [-0.39, 0.29) is 40.9 Å². The number of sulfone groups is 1. The van der Waals surface area contributed by atoms with Gasteiger partial charge in [-0.1, -0.05) is 54.2 Å². The zero-order valence-electron chi connectivity index (χ0n) is 16.5. The van der Waals surface area contributed by atoms with Crippen LogP contribution in [0.15, 0.2) is 59.6 Å². The first-order chi connectivity index (χ1) is 14.3. The molecule has 2 aliphatic heterocycles. The number of hydrogen-bond donors (Lipinski definition) is 0. The number of thioether (sulfide) groups is 1. The van der Waals surface area contributed by atoms with Crippen molar-refractivity contribution in [2.24, 2.45) is 4.99 Å². The minimum Gasteiger partial charge on any atom is -0.316 e. The Kier molecular flexibility index (Phi) is 5.79. The third-order valence-corrected chi connectivity index (χ3v) is 8.50. The van der Waals surface area contributed by atoms with Crippen LogP contribution in [0.2, 0.25) is 0 Å². The van der Waals surface area contributed by atoms with Gasteiger partial charge in [0.25, 0.3) is 0 Å². The molecule has 30 heavy (non-hydrogen) atoms. The lowest BCUT2D eigenvalue weighted by molar-refractivity contribution is -0.117. The van der Waals surface area contributed by atoms with Crippen molar-refractivity contribution in [1.82, 2.24) is 0 Å². The predicted molar refractivity (Wildman–Crippen MR) is 120 cm³/mol. The van der Waals surface area contributed by atoms with E-state index in [1.54, 1.807) is 18.2 Å². The molecule has 2 saturated heterocycles.